The SMILES string of the molecule is O=C1NCCN2CCN(C(=O)CN3CCCCC3=O)CC12. The highest BCUT2D eigenvalue weighted by atomic mass is 16.2. The summed E-state index contributed by atoms with van der Waals surface area (Å²) >= 11 is 0. The Bertz CT molecular complexity index is 454. The Morgan fingerprint density at radius 3 is 2.81 bits per heavy atom. The maximum Gasteiger partial charge on any atom is 0.242 e. The third kappa shape index (κ3) is 3.02. The number of hydrogen-bond donors (Lipinski definition) is 1. The molecule has 3 aliphatic rings. The summed E-state index contributed by atoms with van der Waals surface area (Å²) in [7, 11) is 0. The van der Waals surface area contributed by atoms with Crippen molar-refractivity contribution >= 4 is 17.7 Å². The van der Waals surface area contributed by atoms with Crippen LogP contribution in [-0.2, 0) is 14.4 Å². The van der Waals surface area contributed by atoms with E-state index in [1.165, 1.54) is 0 Å². The number of rotatable bonds is 2. The van der Waals surface area contributed by atoms with Crippen molar-refractivity contribution in [3.05, 3.63) is 0 Å². The molecular formula is C14H22N4O3. The van der Waals surface area contributed by atoms with Crippen LogP contribution in [0, 0.1) is 0 Å². The van der Waals surface area contributed by atoms with E-state index in [9.17, 15) is 14.4 Å². The molecule has 0 radical (unpaired) electrons. The van der Waals surface area contributed by atoms with Crippen molar-refractivity contribution in [2.45, 2.75) is 25.3 Å². The lowest BCUT2D eigenvalue weighted by molar-refractivity contribution is -0.145. The summed E-state index contributed by atoms with van der Waals surface area (Å²) in [5.74, 6) is 0.0414. The molecule has 1 N–H and O–H groups in total. The number of fused-ring (bicyclic) bond motifs is 1. The first-order valence-electron chi connectivity index (χ1n) is 7.72. The Balaban J connectivity index is 1.57. The number of nitrogens with zero attached hydrogens (tertiary/aromatic N) is 3. The lowest BCUT2D eigenvalue weighted by Gasteiger charge is -2.43. The Morgan fingerprint density at radius 1 is 1.14 bits per heavy atom. The van der Waals surface area contributed by atoms with Crippen LogP contribution in [0.25, 0.3) is 0 Å². The molecule has 0 aliphatic carbocycles. The van der Waals surface area contributed by atoms with E-state index in [2.05, 4.69) is 10.2 Å². The van der Waals surface area contributed by atoms with Crippen molar-refractivity contribution in [1.29, 1.82) is 0 Å². The van der Waals surface area contributed by atoms with Gasteiger partial charge in [-0.15, -0.1) is 0 Å². The topological polar surface area (TPSA) is 73.0 Å². The highest BCUT2D eigenvalue weighted by molar-refractivity contribution is 5.87. The van der Waals surface area contributed by atoms with Gasteiger partial charge in [0.25, 0.3) is 0 Å². The molecule has 3 rings (SSSR count). The van der Waals surface area contributed by atoms with Gasteiger partial charge < -0.3 is 15.1 Å². The van der Waals surface area contributed by atoms with Crippen molar-refractivity contribution in [3.8, 4) is 0 Å². The smallest absolute Gasteiger partial charge is 0.242 e. The average molecular weight is 294 g/mol. The number of likely N-dealkylation sites (tertiary alicyclic amines) is 1. The minimum atomic E-state index is -0.228. The number of nitrogens with one attached hydrogen (secondary N) is 1. The molecule has 7 nitrogen and oxygen atoms in total. The Labute approximate surface area is 124 Å². The van der Waals surface area contributed by atoms with E-state index in [-0.39, 0.29) is 30.3 Å². The maximum atomic E-state index is 12.4. The molecule has 21 heavy (non-hydrogen) atoms. The molecule has 0 spiro atoms. The molecule has 3 fully saturated rings. The van der Waals surface area contributed by atoms with E-state index in [0.29, 0.717) is 32.6 Å². The molecule has 0 aromatic carbocycles. The molecule has 3 aliphatic heterocycles. The molecular weight excluding hydrogens is 272 g/mol. The zero-order valence-electron chi connectivity index (χ0n) is 12.2. The van der Waals surface area contributed by atoms with E-state index < -0.39 is 0 Å². The number of hydrogen-bond acceptors (Lipinski definition) is 4. The van der Waals surface area contributed by atoms with Gasteiger partial charge in [-0.25, -0.2) is 0 Å². The lowest BCUT2D eigenvalue weighted by atomic mass is 10.1. The minimum absolute atomic E-state index is 0.00722. The molecule has 1 unspecified atom stereocenters. The van der Waals surface area contributed by atoms with Crippen LogP contribution < -0.4 is 5.32 Å². The van der Waals surface area contributed by atoms with Crippen molar-refractivity contribution < 1.29 is 14.4 Å². The predicted molar refractivity (Wildman–Crippen MR) is 75.4 cm³/mol. The van der Waals surface area contributed by atoms with Crippen LogP contribution in [0.3, 0.4) is 0 Å². The number of piperazine rings is 2. The van der Waals surface area contributed by atoms with Gasteiger partial charge in [0.15, 0.2) is 0 Å². The Morgan fingerprint density at radius 2 is 2.00 bits per heavy atom. The van der Waals surface area contributed by atoms with Crippen LogP contribution in [0.5, 0.6) is 0 Å². The fourth-order valence-corrected chi connectivity index (χ4v) is 3.30. The third-order valence-electron chi connectivity index (χ3n) is 4.59. The number of carbonyl (C=O) groups is 3. The van der Waals surface area contributed by atoms with Gasteiger partial charge in [-0.05, 0) is 12.8 Å². The fourth-order valence-electron chi connectivity index (χ4n) is 3.30. The van der Waals surface area contributed by atoms with E-state index in [1.54, 1.807) is 9.80 Å². The predicted octanol–water partition coefficient (Wildman–Crippen LogP) is -1.36. The van der Waals surface area contributed by atoms with Gasteiger partial charge in [-0.2, -0.15) is 0 Å². The Hall–Kier alpha value is -1.63. The molecule has 3 amide bonds. The van der Waals surface area contributed by atoms with E-state index in [0.717, 1.165) is 25.9 Å². The molecule has 0 aromatic heterocycles. The summed E-state index contributed by atoms with van der Waals surface area (Å²) < 4.78 is 0. The summed E-state index contributed by atoms with van der Waals surface area (Å²) in [6.45, 7) is 4.19. The van der Waals surface area contributed by atoms with Crippen LogP contribution in [0.4, 0.5) is 0 Å². The van der Waals surface area contributed by atoms with Crippen LogP contribution in [0.1, 0.15) is 19.3 Å². The van der Waals surface area contributed by atoms with E-state index >= 15 is 0 Å². The van der Waals surface area contributed by atoms with Gasteiger partial charge in [-0.3, -0.25) is 19.3 Å². The summed E-state index contributed by atoms with van der Waals surface area (Å²) in [6.07, 6.45) is 2.44. The monoisotopic (exact) mass is 294 g/mol. The minimum Gasteiger partial charge on any atom is -0.353 e. The summed E-state index contributed by atoms with van der Waals surface area (Å²) in [4.78, 5) is 41.5. The summed E-state index contributed by atoms with van der Waals surface area (Å²) in [6, 6.07) is -0.228. The standard InChI is InChI=1S/C14H22N4O3/c19-12-3-1-2-5-17(12)10-13(20)18-8-7-16-6-4-15-14(21)11(16)9-18/h11H,1-10H2,(H,15,21). The molecule has 7 heteroatoms. The number of carbonyl (C=O) groups excluding carboxylic acids is 3. The highest BCUT2D eigenvalue weighted by Gasteiger charge is 2.36. The fraction of sp³-hybridized carbons (Fsp3) is 0.786. The van der Waals surface area contributed by atoms with Crippen LogP contribution >= 0.6 is 0 Å². The van der Waals surface area contributed by atoms with Crippen molar-refractivity contribution in [3.63, 3.8) is 0 Å². The normalized spacial score (nSPS) is 27.3. The molecule has 0 bridgehead atoms. The van der Waals surface area contributed by atoms with Gasteiger partial charge >= 0.3 is 0 Å². The van der Waals surface area contributed by atoms with Gasteiger partial charge in [0.1, 0.15) is 6.04 Å². The van der Waals surface area contributed by atoms with Gasteiger partial charge in [0.2, 0.25) is 17.7 Å². The van der Waals surface area contributed by atoms with Gasteiger partial charge in [0.05, 0.1) is 6.54 Å². The summed E-state index contributed by atoms with van der Waals surface area (Å²) in [5, 5.41) is 2.85. The molecule has 3 saturated heterocycles. The second kappa shape index (κ2) is 6.01. The molecule has 0 saturated carbocycles. The summed E-state index contributed by atoms with van der Waals surface area (Å²) in [5.41, 5.74) is 0. The van der Waals surface area contributed by atoms with E-state index in [1.807, 2.05) is 0 Å². The second-order valence-electron chi connectivity index (χ2n) is 5.95. The third-order valence-corrected chi connectivity index (χ3v) is 4.59. The zero-order valence-corrected chi connectivity index (χ0v) is 12.2. The second-order valence-corrected chi connectivity index (χ2v) is 5.95. The molecule has 116 valence electrons. The maximum absolute atomic E-state index is 12.4. The first-order valence-corrected chi connectivity index (χ1v) is 7.72. The zero-order chi connectivity index (χ0) is 14.8. The van der Waals surface area contributed by atoms with Crippen molar-refractivity contribution in [2.24, 2.45) is 0 Å². The van der Waals surface area contributed by atoms with Gasteiger partial charge in [-0.1, -0.05) is 0 Å². The van der Waals surface area contributed by atoms with Gasteiger partial charge in [0, 0.05) is 45.7 Å². The molecule has 3 heterocycles. The number of piperidine rings is 1. The Kier molecular flexibility index (Phi) is 4.10. The van der Waals surface area contributed by atoms with Crippen LogP contribution in [0.15, 0.2) is 0 Å². The van der Waals surface area contributed by atoms with Crippen molar-refractivity contribution in [2.75, 3.05) is 45.8 Å². The highest BCUT2D eigenvalue weighted by Crippen LogP contribution is 2.14. The number of amides is 3. The molecule has 1 atom stereocenters. The first kappa shape index (κ1) is 14.3. The largest absolute Gasteiger partial charge is 0.353 e. The van der Waals surface area contributed by atoms with Crippen LogP contribution in [-0.4, -0.2) is 84.3 Å². The average Bonchev–Trinajstić information content (AvgIpc) is 2.50. The van der Waals surface area contributed by atoms with Crippen molar-refractivity contribution in [1.82, 2.24) is 20.0 Å². The van der Waals surface area contributed by atoms with E-state index in [4.69, 9.17) is 0 Å². The first-order chi connectivity index (χ1) is 10.1. The van der Waals surface area contributed by atoms with Crippen LogP contribution in [0.2, 0.25) is 0 Å². The molecule has 0 aromatic rings. The quantitative estimate of drug-likeness (QED) is 0.683. The lowest BCUT2D eigenvalue weighted by Crippen LogP contribution is -2.65.